The van der Waals surface area contributed by atoms with Gasteiger partial charge in [0.1, 0.15) is 0 Å². The largest absolute Gasteiger partial charge is 2.00 e. The third kappa shape index (κ3) is 57.3. The van der Waals surface area contributed by atoms with Crippen molar-refractivity contribution in [3.63, 3.8) is 0 Å². The summed E-state index contributed by atoms with van der Waals surface area (Å²) in [5, 5.41) is 0. The molecule has 0 unspecified atom stereocenters. The van der Waals surface area contributed by atoms with Crippen LogP contribution in [-0.4, -0.2) is 39.0 Å². The first-order chi connectivity index (χ1) is 2.00. The van der Waals surface area contributed by atoms with Gasteiger partial charge in [-0.15, -0.1) is 0 Å². The van der Waals surface area contributed by atoms with Crippen LogP contribution in [0.25, 0.3) is 0 Å². The number of hydrogen-bond acceptors (Lipinski definition) is 2. The second-order valence-corrected chi connectivity index (χ2v) is 0. The number of rotatable bonds is 0. The van der Waals surface area contributed by atoms with Gasteiger partial charge in [-0.3, -0.25) is 0 Å². The summed E-state index contributed by atoms with van der Waals surface area (Å²) in [6.07, 6.45) is 0. The molecule has 0 aliphatic carbocycles. The van der Waals surface area contributed by atoms with Crippen molar-refractivity contribution in [2.45, 2.75) is 0 Å². The molecule has 0 amide bonds. The average Bonchev–Trinajstić information content (AvgIpc) is 1.50. The standard InChI is InChI=1S/2BH5N.Mg/c2*1-2;/h2*2H2,1H3;/q2*-1;+2. The molecule has 0 fully saturated rings. The SMILES string of the molecule is [BH3-]N.[BH3-]N.[Mg+2]. The minimum atomic E-state index is 0. The van der Waals surface area contributed by atoms with Gasteiger partial charge in [-0.05, 0) is 0 Å². The summed E-state index contributed by atoms with van der Waals surface area (Å²) in [4.78, 5) is 0. The second kappa shape index (κ2) is 105. The van der Waals surface area contributed by atoms with Gasteiger partial charge >= 0.3 is 23.1 Å². The molecule has 0 aromatic heterocycles. The van der Waals surface area contributed by atoms with Crippen LogP contribution in [0.1, 0.15) is 0 Å². The molecule has 0 heterocycles. The van der Waals surface area contributed by atoms with Crippen LogP contribution in [0.5, 0.6) is 0 Å². The second-order valence-electron chi connectivity index (χ2n) is 0. The zero-order valence-electron chi connectivity index (χ0n) is 1.86. The Hall–Kier alpha value is 0.816. The molecular weight excluding hydrogens is 73.9 g/mol. The van der Waals surface area contributed by atoms with E-state index in [2.05, 4.69) is 0 Å². The summed E-state index contributed by atoms with van der Waals surface area (Å²) in [6.45, 7) is 0. The van der Waals surface area contributed by atoms with Crippen LogP contribution in [0.2, 0.25) is 0 Å². The molecule has 0 bridgehead atoms. The molecule has 0 spiro atoms. The fourth-order valence-electron chi connectivity index (χ4n) is 0. The van der Waals surface area contributed by atoms with Crippen LogP contribution < -0.4 is 11.3 Å². The van der Waals surface area contributed by atoms with E-state index in [4.69, 9.17) is 11.3 Å². The van der Waals surface area contributed by atoms with Crippen LogP contribution in [-0.2, 0) is 0 Å². The molecule has 28 valence electrons. The van der Waals surface area contributed by atoms with Gasteiger partial charge in [-0.25, -0.2) is 0 Å². The topological polar surface area (TPSA) is 52.0 Å². The molecule has 5 heavy (non-hydrogen) atoms. The predicted molar refractivity (Wildman–Crippen MR) is 34.0 cm³/mol. The summed E-state index contributed by atoms with van der Waals surface area (Å²) in [5.74, 6) is 0. The van der Waals surface area contributed by atoms with Crippen molar-refractivity contribution in [1.82, 2.24) is 0 Å². The molecule has 0 rings (SSSR count). The molecule has 0 atom stereocenters. The van der Waals surface area contributed by atoms with Gasteiger partial charge in [0.25, 0.3) is 0 Å². The Morgan fingerprint density at radius 3 is 0.800 bits per heavy atom. The summed E-state index contributed by atoms with van der Waals surface area (Å²) in [6, 6.07) is 0. The van der Waals surface area contributed by atoms with Crippen molar-refractivity contribution in [2.75, 3.05) is 0 Å². The Morgan fingerprint density at radius 2 is 0.800 bits per heavy atom. The van der Waals surface area contributed by atoms with Crippen LogP contribution in [0.4, 0.5) is 0 Å². The van der Waals surface area contributed by atoms with Crippen LogP contribution in [0.15, 0.2) is 0 Å². The van der Waals surface area contributed by atoms with Gasteiger partial charge in [-0.1, -0.05) is 0 Å². The molecule has 5 heteroatoms. The molecule has 0 saturated heterocycles. The van der Waals surface area contributed by atoms with Gasteiger partial charge in [0.05, 0.1) is 0 Å². The van der Waals surface area contributed by atoms with E-state index in [1.54, 1.807) is 0 Å². The van der Waals surface area contributed by atoms with E-state index >= 15 is 0 Å². The monoisotopic (exact) mass is 84.1 g/mol. The first-order valence-corrected chi connectivity index (χ1v) is 0. The Labute approximate surface area is 50.7 Å². The first-order valence-electron chi connectivity index (χ1n) is 0. The van der Waals surface area contributed by atoms with Crippen LogP contribution in [0.3, 0.4) is 0 Å². The van der Waals surface area contributed by atoms with Gasteiger partial charge in [0.2, 0.25) is 0 Å². The smallest absolute Gasteiger partial charge is 0.510 e. The molecule has 2 nitrogen and oxygen atoms in total. The summed E-state index contributed by atoms with van der Waals surface area (Å²) in [5.41, 5.74) is 9.50. The Bertz CT molecular complexity index is 7.61. The van der Waals surface area contributed by atoms with Gasteiger partial charge in [0, 0.05) is 16.0 Å². The van der Waals surface area contributed by atoms with E-state index in [1.807, 2.05) is 0 Å². The van der Waals surface area contributed by atoms with Gasteiger partial charge in [0.15, 0.2) is 0 Å². The molecular formula is H10B2MgN2. The molecule has 0 aliphatic heterocycles. The molecule has 0 aliphatic rings. The Balaban J connectivity index is -0.0000000133. The van der Waals surface area contributed by atoms with Crippen molar-refractivity contribution in [2.24, 2.45) is 11.3 Å². The quantitative estimate of drug-likeness (QED) is 0.294. The van der Waals surface area contributed by atoms with E-state index in [0.717, 1.165) is 0 Å². The third-order valence-corrected chi connectivity index (χ3v) is 0. The van der Waals surface area contributed by atoms with Crippen molar-refractivity contribution in [1.29, 1.82) is 0 Å². The van der Waals surface area contributed by atoms with Crippen LogP contribution >= 0.6 is 0 Å². The molecule has 0 saturated carbocycles. The Morgan fingerprint density at radius 1 is 0.800 bits per heavy atom. The van der Waals surface area contributed by atoms with Crippen molar-refractivity contribution in [3.8, 4) is 0 Å². The van der Waals surface area contributed by atoms with Crippen molar-refractivity contribution >= 4 is 39.0 Å². The van der Waals surface area contributed by atoms with Crippen molar-refractivity contribution < 1.29 is 0 Å². The maximum Gasteiger partial charge on any atom is 2.00 e. The van der Waals surface area contributed by atoms with E-state index < -0.39 is 0 Å². The first kappa shape index (κ1) is 17.0. The normalized spacial score (nSPS) is 2.40. The van der Waals surface area contributed by atoms with Gasteiger partial charge < -0.3 is 11.3 Å². The van der Waals surface area contributed by atoms with E-state index in [0.29, 0.717) is 0 Å². The number of nitrogens with two attached hydrogens (primary N) is 2. The number of hydrogen-bond donors (Lipinski definition) is 2. The summed E-state index contributed by atoms with van der Waals surface area (Å²) in [7, 11) is 0.500. The average molecular weight is 84.0 g/mol. The third-order valence-electron chi connectivity index (χ3n) is 0. The van der Waals surface area contributed by atoms with Crippen molar-refractivity contribution in [3.05, 3.63) is 0 Å². The van der Waals surface area contributed by atoms with E-state index in [1.165, 1.54) is 0 Å². The fraction of sp³-hybridized carbons (Fsp3) is 0. The maximum absolute atomic E-state index is 4.75. The van der Waals surface area contributed by atoms with E-state index in [-0.39, 0.29) is 39.0 Å². The molecule has 0 aromatic carbocycles. The maximum atomic E-state index is 4.75. The summed E-state index contributed by atoms with van der Waals surface area (Å²) >= 11 is 0. The zero-order chi connectivity index (χ0) is 4.00. The zero-order valence-corrected chi connectivity index (χ0v) is 3.28. The molecule has 4 N–H and O–H groups in total. The minimum Gasteiger partial charge on any atom is -0.510 e. The van der Waals surface area contributed by atoms with E-state index in [9.17, 15) is 0 Å². The van der Waals surface area contributed by atoms with Crippen LogP contribution in [0, 0.1) is 0 Å². The fourth-order valence-corrected chi connectivity index (χ4v) is 0. The van der Waals surface area contributed by atoms with Gasteiger partial charge in [-0.2, -0.15) is 0 Å². The Kier molecular flexibility index (Phi) is 358. The molecule has 0 radical (unpaired) electrons. The minimum absolute atomic E-state index is 0. The predicted octanol–water partition coefficient (Wildman–Crippen LogP) is -3.93. The molecule has 0 aromatic rings. The summed E-state index contributed by atoms with van der Waals surface area (Å²) < 4.78 is 0.